The lowest BCUT2D eigenvalue weighted by Crippen LogP contribution is -2.22. The molecular weight excluding hydrogens is 157 g/mol. The number of nitrogen functional groups attached to an aromatic ring is 1. The SMILES string of the molecule is Cc1c(N)cnn1CC(C)(C)F. The molecule has 0 radical (unpaired) electrons. The molecule has 2 N–H and O–H groups in total. The van der Waals surface area contributed by atoms with Crippen LogP contribution in [0, 0.1) is 6.92 Å². The standard InChI is InChI=1S/C8H14FN3/c1-6-7(10)4-11-12(6)5-8(2,3)9/h4H,5,10H2,1-3H3. The number of anilines is 1. The van der Waals surface area contributed by atoms with E-state index in [1.54, 1.807) is 10.9 Å². The second-order valence-electron chi connectivity index (χ2n) is 3.56. The van der Waals surface area contributed by atoms with Crippen molar-refractivity contribution in [3.63, 3.8) is 0 Å². The van der Waals surface area contributed by atoms with E-state index >= 15 is 0 Å². The lowest BCUT2D eigenvalue weighted by Gasteiger charge is -2.14. The van der Waals surface area contributed by atoms with Gasteiger partial charge in [0, 0.05) is 0 Å². The van der Waals surface area contributed by atoms with E-state index in [1.165, 1.54) is 13.8 Å². The number of nitrogens with two attached hydrogens (primary N) is 1. The van der Waals surface area contributed by atoms with Gasteiger partial charge >= 0.3 is 0 Å². The predicted octanol–water partition coefficient (Wildman–Crippen LogP) is 1.52. The van der Waals surface area contributed by atoms with Crippen LogP contribution in [0.15, 0.2) is 6.20 Å². The summed E-state index contributed by atoms with van der Waals surface area (Å²) in [6, 6.07) is 0. The topological polar surface area (TPSA) is 43.8 Å². The highest BCUT2D eigenvalue weighted by Crippen LogP contribution is 2.15. The average Bonchev–Trinajstić information content (AvgIpc) is 2.16. The van der Waals surface area contributed by atoms with Gasteiger partial charge in [0.25, 0.3) is 0 Å². The van der Waals surface area contributed by atoms with E-state index in [4.69, 9.17) is 5.73 Å². The molecule has 0 unspecified atom stereocenters. The quantitative estimate of drug-likeness (QED) is 0.733. The number of nitrogens with zero attached hydrogens (tertiary/aromatic N) is 2. The van der Waals surface area contributed by atoms with Gasteiger partial charge in [0.05, 0.1) is 24.1 Å². The molecule has 0 aliphatic rings. The minimum absolute atomic E-state index is 0.246. The van der Waals surface area contributed by atoms with Crippen molar-refractivity contribution in [3.8, 4) is 0 Å². The normalized spacial score (nSPS) is 12.0. The maximum absolute atomic E-state index is 13.2. The third-order valence-electron chi connectivity index (χ3n) is 1.67. The number of alkyl halides is 1. The zero-order chi connectivity index (χ0) is 9.35. The van der Waals surface area contributed by atoms with E-state index in [9.17, 15) is 4.39 Å². The van der Waals surface area contributed by atoms with Crippen molar-refractivity contribution < 1.29 is 4.39 Å². The van der Waals surface area contributed by atoms with Crippen molar-refractivity contribution in [1.29, 1.82) is 0 Å². The van der Waals surface area contributed by atoms with Gasteiger partial charge in [-0.2, -0.15) is 5.10 Å². The van der Waals surface area contributed by atoms with E-state index < -0.39 is 5.67 Å². The van der Waals surface area contributed by atoms with E-state index in [1.807, 2.05) is 6.92 Å². The fraction of sp³-hybridized carbons (Fsp3) is 0.625. The molecule has 12 heavy (non-hydrogen) atoms. The van der Waals surface area contributed by atoms with Gasteiger partial charge in [-0.25, -0.2) is 4.39 Å². The van der Waals surface area contributed by atoms with Gasteiger partial charge in [-0.3, -0.25) is 4.68 Å². The Morgan fingerprint density at radius 3 is 2.58 bits per heavy atom. The highest BCUT2D eigenvalue weighted by Gasteiger charge is 2.18. The molecule has 1 aromatic heterocycles. The second kappa shape index (κ2) is 2.77. The number of halogens is 1. The maximum atomic E-state index is 13.2. The number of aromatic nitrogens is 2. The molecule has 68 valence electrons. The maximum Gasteiger partial charge on any atom is 0.125 e. The van der Waals surface area contributed by atoms with Gasteiger partial charge < -0.3 is 5.73 Å². The highest BCUT2D eigenvalue weighted by molar-refractivity contribution is 5.39. The summed E-state index contributed by atoms with van der Waals surface area (Å²) in [5.41, 5.74) is 5.74. The molecule has 1 heterocycles. The largest absolute Gasteiger partial charge is 0.396 e. The molecule has 4 heteroatoms. The van der Waals surface area contributed by atoms with Gasteiger partial charge in [0.2, 0.25) is 0 Å². The van der Waals surface area contributed by atoms with Gasteiger partial charge in [-0.1, -0.05) is 0 Å². The molecular formula is C8H14FN3. The Labute approximate surface area is 71.4 Å². The summed E-state index contributed by atoms with van der Waals surface area (Å²) in [6.07, 6.45) is 1.54. The number of hydrogen-bond donors (Lipinski definition) is 1. The summed E-state index contributed by atoms with van der Waals surface area (Å²) in [7, 11) is 0. The molecule has 0 saturated carbocycles. The fourth-order valence-electron chi connectivity index (χ4n) is 0.976. The van der Waals surface area contributed by atoms with Gasteiger partial charge in [-0.05, 0) is 20.8 Å². The Kier molecular flexibility index (Phi) is 2.08. The van der Waals surface area contributed by atoms with Crippen molar-refractivity contribution in [2.24, 2.45) is 0 Å². The Morgan fingerprint density at radius 1 is 1.67 bits per heavy atom. The van der Waals surface area contributed by atoms with Crippen LogP contribution >= 0.6 is 0 Å². The summed E-state index contributed by atoms with van der Waals surface area (Å²) < 4.78 is 14.7. The van der Waals surface area contributed by atoms with E-state index in [-0.39, 0.29) is 6.54 Å². The average molecular weight is 171 g/mol. The minimum Gasteiger partial charge on any atom is -0.396 e. The van der Waals surface area contributed by atoms with Crippen LogP contribution in [0.5, 0.6) is 0 Å². The number of hydrogen-bond acceptors (Lipinski definition) is 2. The Hall–Kier alpha value is -1.06. The van der Waals surface area contributed by atoms with Crippen molar-refractivity contribution in [3.05, 3.63) is 11.9 Å². The zero-order valence-electron chi connectivity index (χ0n) is 7.63. The zero-order valence-corrected chi connectivity index (χ0v) is 7.63. The van der Waals surface area contributed by atoms with Gasteiger partial charge in [0.1, 0.15) is 5.67 Å². The first-order valence-corrected chi connectivity index (χ1v) is 3.87. The molecule has 0 saturated heterocycles. The van der Waals surface area contributed by atoms with E-state index in [0.29, 0.717) is 5.69 Å². The molecule has 0 aromatic carbocycles. The first-order chi connectivity index (χ1) is 5.40. The molecule has 0 aliphatic carbocycles. The van der Waals surface area contributed by atoms with Crippen LogP contribution in [0.2, 0.25) is 0 Å². The van der Waals surface area contributed by atoms with Crippen LogP contribution in [-0.4, -0.2) is 15.4 Å². The molecule has 0 bridgehead atoms. The molecule has 0 aliphatic heterocycles. The van der Waals surface area contributed by atoms with Crippen molar-refractivity contribution in [2.45, 2.75) is 33.0 Å². The highest BCUT2D eigenvalue weighted by atomic mass is 19.1. The molecule has 3 nitrogen and oxygen atoms in total. The van der Waals surface area contributed by atoms with Crippen LogP contribution in [0.1, 0.15) is 19.5 Å². The van der Waals surface area contributed by atoms with Crippen LogP contribution < -0.4 is 5.73 Å². The lowest BCUT2D eigenvalue weighted by atomic mass is 10.2. The molecule has 0 atom stereocenters. The first-order valence-electron chi connectivity index (χ1n) is 3.87. The predicted molar refractivity (Wildman–Crippen MR) is 46.6 cm³/mol. The van der Waals surface area contributed by atoms with Crippen LogP contribution in [0.4, 0.5) is 10.1 Å². The van der Waals surface area contributed by atoms with Crippen molar-refractivity contribution in [2.75, 3.05) is 5.73 Å². The molecule has 0 amide bonds. The third-order valence-corrected chi connectivity index (χ3v) is 1.67. The Balaban J connectivity index is 2.83. The third kappa shape index (κ3) is 1.96. The summed E-state index contributed by atoms with van der Waals surface area (Å²) in [4.78, 5) is 0. The van der Waals surface area contributed by atoms with Crippen LogP contribution in [-0.2, 0) is 6.54 Å². The van der Waals surface area contributed by atoms with E-state index in [0.717, 1.165) is 5.69 Å². The van der Waals surface area contributed by atoms with Crippen LogP contribution in [0.3, 0.4) is 0 Å². The molecule has 1 aromatic rings. The Bertz CT molecular complexity index is 272. The van der Waals surface area contributed by atoms with E-state index in [2.05, 4.69) is 5.10 Å². The monoisotopic (exact) mass is 171 g/mol. The second-order valence-corrected chi connectivity index (χ2v) is 3.56. The first kappa shape index (κ1) is 9.03. The lowest BCUT2D eigenvalue weighted by molar-refractivity contribution is 0.178. The minimum atomic E-state index is -1.25. The number of rotatable bonds is 2. The summed E-state index contributed by atoms with van der Waals surface area (Å²) >= 11 is 0. The van der Waals surface area contributed by atoms with Gasteiger partial charge in [-0.15, -0.1) is 0 Å². The van der Waals surface area contributed by atoms with Crippen molar-refractivity contribution in [1.82, 2.24) is 9.78 Å². The summed E-state index contributed by atoms with van der Waals surface area (Å²) in [5.74, 6) is 0. The molecule has 0 spiro atoms. The summed E-state index contributed by atoms with van der Waals surface area (Å²) in [6.45, 7) is 5.11. The van der Waals surface area contributed by atoms with Crippen molar-refractivity contribution >= 4 is 5.69 Å². The Morgan fingerprint density at radius 2 is 2.25 bits per heavy atom. The smallest absolute Gasteiger partial charge is 0.125 e. The molecule has 0 fully saturated rings. The molecule has 1 rings (SSSR count). The van der Waals surface area contributed by atoms with Gasteiger partial charge in [0.15, 0.2) is 0 Å². The fourth-order valence-corrected chi connectivity index (χ4v) is 0.976. The summed E-state index contributed by atoms with van der Waals surface area (Å²) in [5, 5.41) is 3.95. The van der Waals surface area contributed by atoms with Crippen LogP contribution in [0.25, 0.3) is 0 Å².